The molecule has 0 nitrogen and oxygen atoms in total. The van der Waals surface area contributed by atoms with Crippen molar-refractivity contribution in [1.82, 2.24) is 0 Å². The van der Waals surface area contributed by atoms with Crippen LogP contribution in [0.2, 0.25) is 13.1 Å². The fourth-order valence-corrected chi connectivity index (χ4v) is 12.0. The molecule has 0 N–H and O–H groups in total. The van der Waals surface area contributed by atoms with E-state index in [0.29, 0.717) is 0 Å². The molecule has 0 amide bonds. The summed E-state index contributed by atoms with van der Waals surface area (Å²) in [7, 11) is -2.28. The maximum atomic E-state index is 2.55. The van der Waals surface area contributed by atoms with Gasteiger partial charge in [0, 0.05) is 0 Å². The molecule has 0 atom stereocenters. The summed E-state index contributed by atoms with van der Waals surface area (Å²) in [5.74, 6) is 0. The van der Waals surface area contributed by atoms with Crippen LogP contribution in [0.1, 0.15) is 22.3 Å². The molecule has 0 fully saturated rings. The zero-order valence-corrected chi connectivity index (χ0v) is 30.0. The van der Waals surface area contributed by atoms with E-state index in [1.54, 1.807) is 0 Å². The summed E-state index contributed by atoms with van der Waals surface area (Å²) in [6.07, 6.45) is 0. The van der Waals surface area contributed by atoms with Crippen molar-refractivity contribution in [1.29, 1.82) is 0 Å². The quantitative estimate of drug-likeness (QED) is 0.155. The first-order chi connectivity index (χ1) is 25.0. The first kappa shape index (κ1) is 31.0. The number of allylic oxidation sites excluding steroid dienone is 2. The van der Waals surface area contributed by atoms with Gasteiger partial charge >= 0.3 is 0 Å². The monoisotopic (exact) mass is 666 g/mol. The molecule has 51 heavy (non-hydrogen) atoms. The van der Waals surface area contributed by atoms with Gasteiger partial charge in [-0.05, 0) is 99.7 Å². The Morgan fingerprint density at radius 3 is 0.961 bits per heavy atom. The van der Waals surface area contributed by atoms with Crippen LogP contribution in [0.3, 0.4) is 0 Å². The Labute approximate surface area is 301 Å². The van der Waals surface area contributed by atoms with Gasteiger partial charge in [0.15, 0.2) is 0 Å². The van der Waals surface area contributed by atoms with Crippen LogP contribution in [-0.2, 0) is 0 Å². The number of rotatable bonds is 6. The highest BCUT2D eigenvalue weighted by molar-refractivity contribution is 7.13. The largest absolute Gasteiger partial charge is 0.115 e. The van der Waals surface area contributed by atoms with E-state index in [-0.39, 0.29) is 0 Å². The summed E-state index contributed by atoms with van der Waals surface area (Å²) in [5, 5.41) is 8.06. The van der Waals surface area contributed by atoms with E-state index < -0.39 is 8.07 Å². The first-order valence-corrected chi connectivity index (χ1v) is 20.8. The summed E-state index contributed by atoms with van der Waals surface area (Å²) in [5.41, 5.74) is 12.9. The molecule has 0 spiro atoms. The Hall–Kier alpha value is -6.02. The van der Waals surface area contributed by atoms with E-state index in [1.807, 2.05) is 0 Å². The van der Waals surface area contributed by atoms with Gasteiger partial charge in [-0.3, -0.25) is 0 Å². The molecular formula is C50H38Si. The minimum absolute atomic E-state index is 1.24. The van der Waals surface area contributed by atoms with Crippen LogP contribution in [0, 0.1) is 0 Å². The van der Waals surface area contributed by atoms with Gasteiger partial charge in [0.2, 0.25) is 0 Å². The molecule has 0 aromatic heterocycles. The number of hydrogen-bond acceptors (Lipinski definition) is 0. The van der Waals surface area contributed by atoms with E-state index in [0.717, 1.165) is 0 Å². The highest BCUT2D eigenvalue weighted by Gasteiger charge is 2.43. The molecule has 1 heterocycles. The minimum atomic E-state index is -2.28. The number of hydrogen-bond donors (Lipinski definition) is 0. The number of benzene rings is 8. The minimum Gasteiger partial charge on any atom is -0.0622 e. The lowest BCUT2D eigenvalue weighted by atomic mass is 9.89. The predicted molar refractivity (Wildman–Crippen MR) is 223 cm³/mol. The molecule has 0 aliphatic carbocycles. The van der Waals surface area contributed by atoms with Crippen molar-refractivity contribution in [2.45, 2.75) is 13.1 Å². The predicted octanol–water partition coefficient (Wildman–Crippen LogP) is 13.6. The van der Waals surface area contributed by atoms with Crippen LogP contribution in [0.4, 0.5) is 0 Å². The zero-order valence-electron chi connectivity index (χ0n) is 29.0. The highest BCUT2D eigenvalue weighted by Crippen LogP contribution is 2.55. The second kappa shape index (κ2) is 12.7. The Kier molecular flexibility index (Phi) is 7.72. The van der Waals surface area contributed by atoms with Crippen LogP contribution in [0.25, 0.3) is 65.3 Å². The lowest BCUT2D eigenvalue weighted by Crippen LogP contribution is -2.28. The van der Waals surface area contributed by atoms with E-state index in [2.05, 4.69) is 207 Å². The molecule has 0 unspecified atom stereocenters. The summed E-state index contributed by atoms with van der Waals surface area (Å²) in [6, 6.07) is 71.6. The van der Waals surface area contributed by atoms with E-state index in [4.69, 9.17) is 0 Å². The van der Waals surface area contributed by atoms with Crippen LogP contribution >= 0.6 is 0 Å². The summed E-state index contributed by atoms with van der Waals surface area (Å²) in [6.45, 7) is 5.09. The van der Waals surface area contributed by atoms with Gasteiger partial charge in [-0.15, -0.1) is 0 Å². The average Bonchev–Trinajstić information content (AvgIpc) is 3.45. The van der Waals surface area contributed by atoms with E-state index in [9.17, 15) is 0 Å². The van der Waals surface area contributed by atoms with E-state index in [1.165, 1.54) is 87.6 Å². The topological polar surface area (TPSA) is 0 Å². The second-order valence-electron chi connectivity index (χ2n) is 14.1. The van der Waals surface area contributed by atoms with Crippen molar-refractivity contribution < 1.29 is 0 Å². The van der Waals surface area contributed by atoms with Crippen LogP contribution in [-0.4, -0.2) is 8.07 Å². The Bertz CT molecular complexity index is 2420. The van der Waals surface area contributed by atoms with Crippen molar-refractivity contribution in [3.63, 3.8) is 0 Å². The third kappa shape index (κ3) is 5.57. The Balaban J connectivity index is 1.20. The van der Waals surface area contributed by atoms with Gasteiger partial charge in [-0.2, -0.15) is 0 Å². The molecule has 0 radical (unpaired) electrons. The zero-order chi connectivity index (χ0) is 34.4. The fraction of sp³-hybridized carbons (Fsp3) is 0.0400. The van der Waals surface area contributed by atoms with Crippen LogP contribution in [0.5, 0.6) is 0 Å². The third-order valence-corrected chi connectivity index (χ3v) is 14.2. The lowest BCUT2D eigenvalue weighted by Gasteiger charge is -2.27. The van der Waals surface area contributed by atoms with Gasteiger partial charge in [-0.25, -0.2) is 0 Å². The standard InChI is InChI=1S/C50H38Si/c1-51(2)49(41-27-21-37(22-28-41)45-31-25-35-13-9-11-19-43(35)33-45)47(39-15-5-3-6-16-39)48(40-17-7-4-8-18-40)50(51)42-29-23-38(24-30-42)46-32-26-36-14-10-12-20-44(36)34-46/h3-34H,1-2H3. The summed E-state index contributed by atoms with van der Waals surface area (Å²) in [4.78, 5) is 0. The molecule has 1 aliphatic heterocycles. The smallest absolute Gasteiger partial charge is 0.0622 e. The van der Waals surface area contributed by atoms with Crippen molar-refractivity contribution in [3.8, 4) is 22.3 Å². The summed E-state index contributed by atoms with van der Waals surface area (Å²) >= 11 is 0. The lowest BCUT2D eigenvalue weighted by molar-refractivity contribution is 1.57. The van der Waals surface area contributed by atoms with Gasteiger partial charge in [-0.1, -0.05) is 195 Å². The first-order valence-electron chi connectivity index (χ1n) is 17.8. The second-order valence-corrected chi connectivity index (χ2v) is 18.4. The van der Waals surface area contributed by atoms with Crippen molar-refractivity contribution in [3.05, 3.63) is 216 Å². The molecule has 0 saturated heterocycles. The molecule has 242 valence electrons. The van der Waals surface area contributed by atoms with Gasteiger partial charge in [0.1, 0.15) is 8.07 Å². The maximum Gasteiger partial charge on any atom is 0.115 e. The van der Waals surface area contributed by atoms with E-state index >= 15 is 0 Å². The Morgan fingerprint density at radius 1 is 0.255 bits per heavy atom. The molecule has 1 aliphatic rings. The molecule has 1 heteroatoms. The van der Waals surface area contributed by atoms with Gasteiger partial charge in [0.25, 0.3) is 0 Å². The maximum absolute atomic E-state index is 2.55. The van der Waals surface area contributed by atoms with Gasteiger partial charge in [0.05, 0.1) is 0 Å². The SMILES string of the molecule is C[Si]1(C)C(c2ccc(-c3ccc4ccccc4c3)cc2)=C(c2ccccc2)C(c2ccccc2)=C1c1ccc(-c2ccc3ccccc3c2)cc1. The normalized spacial score (nSPS) is 14.1. The van der Waals surface area contributed by atoms with Crippen molar-refractivity contribution in [2.75, 3.05) is 0 Å². The number of fused-ring (bicyclic) bond motifs is 2. The molecule has 8 aromatic rings. The molecule has 0 saturated carbocycles. The third-order valence-electron chi connectivity index (χ3n) is 10.6. The summed E-state index contributed by atoms with van der Waals surface area (Å²) < 4.78 is 0. The Morgan fingerprint density at radius 2 is 0.569 bits per heavy atom. The van der Waals surface area contributed by atoms with Crippen molar-refractivity contribution in [2.24, 2.45) is 0 Å². The average molecular weight is 667 g/mol. The fourth-order valence-electron chi connectivity index (χ4n) is 8.19. The van der Waals surface area contributed by atoms with Crippen LogP contribution in [0.15, 0.2) is 194 Å². The van der Waals surface area contributed by atoms with Gasteiger partial charge < -0.3 is 0 Å². The highest BCUT2D eigenvalue weighted by atomic mass is 28.3. The molecule has 8 aromatic carbocycles. The van der Waals surface area contributed by atoms with Crippen LogP contribution < -0.4 is 0 Å². The van der Waals surface area contributed by atoms with Crippen molar-refractivity contribution >= 4 is 51.2 Å². The molecular weight excluding hydrogens is 629 g/mol. The molecule has 0 bridgehead atoms. The molecule has 9 rings (SSSR count).